The molecule has 0 aromatic heterocycles. The fraction of sp³-hybridized carbons (Fsp3) is 0.409. The van der Waals surface area contributed by atoms with E-state index in [0.29, 0.717) is 62.1 Å². The highest BCUT2D eigenvalue weighted by Gasteiger charge is 2.28. The van der Waals surface area contributed by atoms with Crippen molar-refractivity contribution in [3.05, 3.63) is 48.0 Å². The Bertz CT molecular complexity index is 1020. The number of carbonyl (C=O) groups is 1. The van der Waals surface area contributed by atoms with Gasteiger partial charge >= 0.3 is 0 Å². The summed E-state index contributed by atoms with van der Waals surface area (Å²) in [6.07, 6.45) is 0. The largest absolute Gasteiger partial charge is 0.497 e. The molecule has 1 amide bonds. The molecule has 0 aliphatic carbocycles. The van der Waals surface area contributed by atoms with E-state index in [1.54, 1.807) is 49.6 Å². The normalized spacial score (nSPS) is 14.8. The number of hydrogen-bond donors (Lipinski definition) is 1. The summed E-state index contributed by atoms with van der Waals surface area (Å²) in [5, 5.41) is 2.89. The van der Waals surface area contributed by atoms with Crippen molar-refractivity contribution in [2.75, 3.05) is 60.6 Å². The van der Waals surface area contributed by atoms with Gasteiger partial charge in [-0.15, -0.1) is 12.4 Å². The van der Waals surface area contributed by atoms with Crippen molar-refractivity contribution in [3.8, 4) is 17.2 Å². The first-order valence-corrected chi connectivity index (χ1v) is 11.7. The number of para-hydroxylation sites is 1. The molecular formula is C22H30ClN3O6S. The molecule has 1 N–H and O–H groups in total. The molecule has 1 aliphatic heterocycles. The van der Waals surface area contributed by atoms with Crippen molar-refractivity contribution in [3.63, 3.8) is 0 Å². The van der Waals surface area contributed by atoms with Crippen LogP contribution >= 0.6 is 12.4 Å². The Balaban J connectivity index is 0.00000385. The zero-order valence-corrected chi connectivity index (χ0v) is 20.6. The first kappa shape index (κ1) is 26.7. The number of nitrogens with one attached hydrogen (secondary N) is 1. The van der Waals surface area contributed by atoms with Gasteiger partial charge in [0.15, 0.2) is 11.5 Å². The van der Waals surface area contributed by atoms with Gasteiger partial charge in [-0.05, 0) is 36.4 Å². The molecule has 0 atom stereocenters. The minimum Gasteiger partial charge on any atom is -0.497 e. The lowest BCUT2D eigenvalue weighted by molar-refractivity contribution is 0.0941. The number of amides is 1. The zero-order chi connectivity index (χ0) is 23.1. The Morgan fingerprint density at radius 3 is 2.18 bits per heavy atom. The highest BCUT2D eigenvalue weighted by molar-refractivity contribution is 7.89. The van der Waals surface area contributed by atoms with E-state index in [9.17, 15) is 13.2 Å². The Morgan fingerprint density at radius 2 is 1.61 bits per heavy atom. The maximum Gasteiger partial charge on any atom is 0.255 e. The van der Waals surface area contributed by atoms with Gasteiger partial charge in [-0.3, -0.25) is 9.69 Å². The smallest absolute Gasteiger partial charge is 0.255 e. The fourth-order valence-electron chi connectivity index (χ4n) is 3.58. The number of piperazine rings is 1. The van der Waals surface area contributed by atoms with Gasteiger partial charge in [0.2, 0.25) is 10.0 Å². The molecule has 1 heterocycles. The molecule has 1 aliphatic rings. The molecule has 0 unspecified atom stereocenters. The number of ether oxygens (including phenoxy) is 3. The monoisotopic (exact) mass is 499 g/mol. The SMILES string of the molecule is COc1ccc(S(=O)(=O)N2CCN(CCNC(=O)c3cccc(OC)c3OC)CC2)cc1.Cl. The maximum atomic E-state index is 12.9. The summed E-state index contributed by atoms with van der Waals surface area (Å²) < 4.78 is 42.8. The minimum absolute atomic E-state index is 0. The maximum absolute atomic E-state index is 12.9. The van der Waals surface area contributed by atoms with Crippen molar-refractivity contribution in [2.45, 2.75) is 4.90 Å². The van der Waals surface area contributed by atoms with Crippen molar-refractivity contribution in [1.29, 1.82) is 0 Å². The van der Waals surface area contributed by atoms with Gasteiger partial charge in [-0.2, -0.15) is 4.31 Å². The van der Waals surface area contributed by atoms with Gasteiger partial charge in [0.1, 0.15) is 5.75 Å². The summed E-state index contributed by atoms with van der Waals surface area (Å²) in [6, 6.07) is 11.5. The van der Waals surface area contributed by atoms with Crippen LogP contribution in [0.5, 0.6) is 17.2 Å². The standard InChI is InChI=1S/C22H29N3O6S.ClH/c1-29-17-7-9-18(10-8-17)32(27,28)25-15-13-24(14-16-25)12-11-23-22(26)19-5-4-6-20(30-2)21(19)31-3;/h4-10H,11-16H2,1-3H3,(H,23,26);1H. The third-order valence-corrected chi connectivity index (χ3v) is 7.30. The first-order chi connectivity index (χ1) is 15.4. The predicted octanol–water partition coefficient (Wildman–Crippen LogP) is 1.87. The second kappa shape index (κ2) is 12.1. The van der Waals surface area contributed by atoms with E-state index >= 15 is 0 Å². The van der Waals surface area contributed by atoms with Crippen LogP contribution in [0.25, 0.3) is 0 Å². The van der Waals surface area contributed by atoms with Gasteiger partial charge < -0.3 is 19.5 Å². The van der Waals surface area contributed by atoms with Crippen LogP contribution in [0, 0.1) is 0 Å². The average Bonchev–Trinajstić information content (AvgIpc) is 2.83. The van der Waals surface area contributed by atoms with Crippen molar-refractivity contribution >= 4 is 28.3 Å². The van der Waals surface area contributed by atoms with Gasteiger partial charge in [0.25, 0.3) is 5.91 Å². The third kappa shape index (κ3) is 6.29. The molecular weight excluding hydrogens is 470 g/mol. The molecule has 182 valence electrons. The molecule has 1 fully saturated rings. The van der Waals surface area contributed by atoms with Crippen LogP contribution in [0.15, 0.2) is 47.4 Å². The summed E-state index contributed by atoms with van der Waals surface area (Å²) >= 11 is 0. The summed E-state index contributed by atoms with van der Waals surface area (Å²) in [6.45, 7) is 3.03. The topological polar surface area (TPSA) is 97.4 Å². The number of sulfonamides is 1. The van der Waals surface area contributed by atoms with Crippen molar-refractivity contribution < 1.29 is 27.4 Å². The second-order valence-electron chi connectivity index (χ2n) is 7.22. The van der Waals surface area contributed by atoms with Crippen LogP contribution in [-0.2, 0) is 10.0 Å². The Hall–Kier alpha value is -2.53. The molecule has 2 aromatic carbocycles. The Morgan fingerprint density at radius 1 is 0.939 bits per heavy atom. The van der Waals surface area contributed by atoms with E-state index < -0.39 is 10.0 Å². The summed E-state index contributed by atoms with van der Waals surface area (Å²) in [4.78, 5) is 14.9. The number of carbonyl (C=O) groups excluding carboxylic acids is 1. The summed E-state index contributed by atoms with van der Waals surface area (Å²) in [5.74, 6) is 1.25. The Kier molecular flexibility index (Phi) is 9.78. The van der Waals surface area contributed by atoms with Gasteiger partial charge in [0.05, 0.1) is 31.8 Å². The van der Waals surface area contributed by atoms with Crippen LogP contribution in [0.3, 0.4) is 0 Å². The molecule has 0 radical (unpaired) electrons. The van der Waals surface area contributed by atoms with E-state index in [1.807, 2.05) is 0 Å². The van der Waals surface area contributed by atoms with Gasteiger partial charge in [-0.1, -0.05) is 6.07 Å². The molecule has 0 spiro atoms. The predicted molar refractivity (Wildman–Crippen MR) is 127 cm³/mol. The molecule has 9 nitrogen and oxygen atoms in total. The van der Waals surface area contributed by atoms with Crippen LogP contribution in [0.4, 0.5) is 0 Å². The molecule has 0 saturated carbocycles. The molecule has 33 heavy (non-hydrogen) atoms. The van der Waals surface area contributed by atoms with E-state index in [0.717, 1.165) is 0 Å². The highest BCUT2D eigenvalue weighted by atomic mass is 35.5. The summed E-state index contributed by atoms with van der Waals surface area (Å²) in [5.41, 5.74) is 0.405. The number of benzene rings is 2. The van der Waals surface area contributed by atoms with Crippen LogP contribution in [0.2, 0.25) is 0 Å². The quantitative estimate of drug-likeness (QED) is 0.562. The second-order valence-corrected chi connectivity index (χ2v) is 9.16. The zero-order valence-electron chi connectivity index (χ0n) is 18.9. The first-order valence-electron chi connectivity index (χ1n) is 10.3. The van der Waals surface area contributed by atoms with Crippen LogP contribution < -0.4 is 19.5 Å². The van der Waals surface area contributed by atoms with Crippen molar-refractivity contribution in [1.82, 2.24) is 14.5 Å². The van der Waals surface area contributed by atoms with E-state index in [1.165, 1.54) is 18.5 Å². The minimum atomic E-state index is -3.54. The average molecular weight is 500 g/mol. The molecule has 2 aromatic rings. The highest BCUT2D eigenvalue weighted by Crippen LogP contribution is 2.30. The lowest BCUT2D eigenvalue weighted by atomic mass is 10.1. The van der Waals surface area contributed by atoms with Gasteiger partial charge in [-0.25, -0.2) is 8.42 Å². The van der Waals surface area contributed by atoms with Gasteiger partial charge in [0, 0.05) is 39.3 Å². The number of halogens is 1. The van der Waals surface area contributed by atoms with E-state index in [-0.39, 0.29) is 23.2 Å². The Labute approximate surface area is 201 Å². The fourth-order valence-corrected chi connectivity index (χ4v) is 5.00. The number of rotatable bonds is 9. The molecule has 11 heteroatoms. The van der Waals surface area contributed by atoms with Crippen LogP contribution in [-0.4, -0.2) is 84.1 Å². The molecule has 3 rings (SSSR count). The van der Waals surface area contributed by atoms with Crippen molar-refractivity contribution in [2.24, 2.45) is 0 Å². The lowest BCUT2D eigenvalue weighted by Gasteiger charge is -2.34. The number of hydrogen-bond acceptors (Lipinski definition) is 7. The van der Waals surface area contributed by atoms with E-state index in [4.69, 9.17) is 14.2 Å². The third-order valence-electron chi connectivity index (χ3n) is 5.39. The molecule has 1 saturated heterocycles. The number of nitrogens with zero attached hydrogens (tertiary/aromatic N) is 2. The lowest BCUT2D eigenvalue weighted by Crippen LogP contribution is -2.50. The summed E-state index contributed by atoms with van der Waals surface area (Å²) in [7, 11) is 1.02. The van der Waals surface area contributed by atoms with E-state index in [2.05, 4.69) is 10.2 Å². The van der Waals surface area contributed by atoms with Crippen LogP contribution in [0.1, 0.15) is 10.4 Å². The number of methoxy groups -OCH3 is 3. The molecule has 0 bridgehead atoms.